The number of alkyl halides is 3. The van der Waals surface area contributed by atoms with E-state index >= 15 is 0 Å². The highest BCUT2D eigenvalue weighted by Gasteiger charge is 2.42. The number of aromatic nitrogens is 4. The Morgan fingerprint density at radius 3 is 2.42 bits per heavy atom. The number of hydrogen-bond acceptors (Lipinski definition) is 10. The lowest BCUT2D eigenvalue weighted by Crippen LogP contribution is -2.46. The predicted octanol–water partition coefficient (Wildman–Crippen LogP) is 5.54. The lowest BCUT2D eigenvalue weighted by atomic mass is 10.0. The van der Waals surface area contributed by atoms with Gasteiger partial charge in [0, 0.05) is 56.3 Å². The van der Waals surface area contributed by atoms with Gasteiger partial charge in [-0.05, 0) is 12.5 Å². The van der Waals surface area contributed by atoms with Crippen LogP contribution in [0, 0.1) is 0 Å². The van der Waals surface area contributed by atoms with Crippen LogP contribution in [0.1, 0.15) is 36.2 Å². The Hall–Kier alpha value is -4.77. The Kier molecular flexibility index (Phi) is 9.72. The maximum Gasteiger partial charge on any atom is 0.451 e. The van der Waals surface area contributed by atoms with Gasteiger partial charge < -0.3 is 25.8 Å². The lowest BCUT2D eigenvalue weighted by Gasteiger charge is -2.36. The molecule has 1 unspecified atom stereocenters. The van der Waals surface area contributed by atoms with Crippen LogP contribution in [-0.2, 0) is 17.5 Å². The summed E-state index contributed by atoms with van der Waals surface area (Å²) >= 11 is 13.8. The third-order valence-corrected chi connectivity index (χ3v) is 9.11. The van der Waals surface area contributed by atoms with E-state index in [4.69, 9.17) is 27.9 Å². The molecule has 18 heteroatoms. The van der Waals surface area contributed by atoms with Gasteiger partial charge in [0.1, 0.15) is 17.3 Å². The largest absolute Gasteiger partial charge is 0.480 e. The fraction of sp³-hybridized carbons (Fsp3) is 0.312. The Bertz CT molecular complexity index is 1980. The van der Waals surface area contributed by atoms with E-state index in [-0.39, 0.29) is 39.1 Å². The van der Waals surface area contributed by atoms with Gasteiger partial charge in [0.25, 0.3) is 0 Å². The first-order valence-corrected chi connectivity index (χ1v) is 16.0. The van der Waals surface area contributed by atoms with Gasteiger partial charge in [-0.3, -0.25) is 19.6 Å². The number of aliphatic hydroxyl groups is 1. The van der Waals surface area contributed by atoms with Crippen molar-refractivity contribution in [3.05, 3.63) is 69.7 Å². The molecule has 262 valence electrons. The zero-order valence-electron chi connectivity index (χ0n) is 26.8. The maximum atomic E-state index is 13.9. The van der Waals surface area contributed by atoms with Crippen LogP contribution >= 0.6 is 23.2 Å². The minimum Gasteiger partial charge on any atom is -0.480 e. The van der Waals surface area contributed by atoms with Crippen molar-refractivity contribution in [2.45, 2.75) is 37.8 Å². The minimum atomic E-state index is -4.96. The first-order valence-electron chi connectivity index (χ1n) is 15.2. The van der Waals surface area contributed by atoms with Crippen LogP contribution in [0.4, 0.5) is 35.3 Å². The van der Waals surface area contributed by atoms with Crippen LogP contribution in [-0.4, -0.2) is 75.7 Å². The smallest absolute Gasteiger partial charge is 0.451 e. The molecular formula is C32H30Cl2F3N9O4. The highest BCUT2D eigenvalue weighted by molar-refractivity contribution is 6.39. The fourth-order valence-corrected chi connectivity index (χ4v) is 6.31. The van der Waals surface area contributed by atoms with Crippen LogP contribution in [0.25, 0.3) is 22.4 Å². The van der Waals surface area contributed by atoms with Crippen LogP contribution in [0.15, 0.2) is 42.6 Å². The number of anilines is 3. The topological polar surface area (TPSA) is 158 Å². The molecule has 1 fully saturated rings. The van der Waals surface area contributed by atoms with Crippen LogP contribution in [0.5, 0.6) is 5.88 Å². The molecule has 4 heterocycles. The number of urea groups is 1. The average Bonchev–Trinajstić information content (AvgIpc) is 3.51. The van der Waals surface area contributed by atoms with Crippen molar-refractivity contribution in [2.24, 2.45) is 0 Å². The number of fused-ring (bicyclic) bond motifs is 1. The van der Waals surface area contributed by atoms with Crippen LogP contribution in [0.2, 0.25) is 10.0 Å². The summed E-state index contributed by atoms with van der Waals surface area (Å²) in [4.78, 5) is 42.2. The van der Waals surface area contributed by atoms with Crippen molar-refractivity contribution in [2.75, 3.05) is 38.0 Å². The van der Waals surface area contributed by atoms with Crippen molar-refractivity contribution < 1.29 is 32.6 Å². The fourth-order valence-electron chi connectivity index (χ4n) is 5.71. The van der Waals surface area contributed by atoms with E-state index in [0.29, 0.717) is 47.6 Å². The number of carbonyl (C=O) groups excluding carboxylic acids is 2. The molecule has 13 nitrogen and oxygen atoms in total. The second kappa shape index (κ2) is 13.9. The third-order valence-electron chi connectivity index (χ3n) is 8.30. The van der Waals surface area contributed by atoms with Crippen molar-refractivity contribution >= 4 is 52.5 Å². The molecule has 0 bridgehead atoms. The predicted molar refractivity (Wildman–Crippen MR) is 179 cm³/mol. The van der Waals surface area contributed by atoms with Gasteiger partial charge in [-0.15, -0.1) is 0 Å². The number of hydrogen-bond donors (Lipinski definition) is 4. The molecule has 0 aliphatic carbocycles. The number of nitrogens with one attached hydrogen (secondary N) is 3. The molecule has 4 N–H and O–H groups in total. The Morgan fingerprint density at radius 1 is 1.04 bits per heavy atom. The van der Waals surface area contributed by atoms with Crippen LogP contribution < -0.4 is 25.6 Å². The van der Waals surface area contributed by atoms with Gasteiger partial charge >= 0.3 is 12.2 Å². The molecule has 2 aromatic heterocycles. The number of amides is 3. The van der Waals surface area contributed by atoms with Gasteiger partial charge in [-0.1, -0.05) is 53.5 Å². The summed E-state index contributed by atoms with van der Waals surface area (Å²) in [6, 6.07) is 9.30. The molecule has 4 aromatic rings. The molecule has 6 rings (SSSR count). The van der Waals surface area contributed by atoms with Gasteiger partial charge in [0.05, 0.1) is 40.3 Å². The third kappa shape index (κ3) is 6.70. The van der Waals surface area contributed by atoms with E-state index in [1.165, 1.54) is 27.3 Å². The molecule has 2 aliphatic rings. The normalized spacial score (nSPS) is 17.5. The van der Waals surface area contributed by atoms with E-state index in [0.717, 1.165) is 16.2 Å². The molecule has 2 aliphatic heterocycles. The first-order chi connectivity index (χ1) is 23.8. The van der Waals surface area contributed by atoms with Gasteiger partial charge in [-0.2, -0.15) is 13.2 Å². The quantitative estimate of drug-likeness (QED) is 0.172. The number of nitrogens with zero attached hydrogens (tertiary/aromatic N) is 6. The number of aliphatic hydroxyl groups excluding tert-OH is 1. The Labute approximate surface area is 293 Å². The molecule has 0 radical (unpaired) electrons. The standard InChI is InChI=1S/C32H30Cl2F3N9O4/c1-45-27-23(29(48)46(2)31(45)49)26(43-30(44-27)32(35,36)37)41-19-9-5-7-17(25(19)34)16-6-4-8-18(24(16)33)20-14-39-21(28(42-20)50-3)13-38-12-15-10-11-22(47)40-15/h4-9,14-15,29,38,48H,10-13H2,1-3H3,(H,40,47)(H,41,43,44)/t15-,29?/m0/s1. The Balaban J connectivity index is 1.32. The molecule has 2 aromatic carbocycles. The van der Waals surface area contributed by atoms with Crippen molar-refractivity contribution in [3.63, 3.8) is 0 Å². The minimum absolute atomic E-state index is 0.0327. The number of benzene rings is 2. The molecule has 2 atom stereocenters. The van der Waals surface area contributed by atoms with Crippen molar-refractivity contribution in [1.29, 1.82) is 0 Å². The molecular weight excluding hydrogens is 702 g/mol. The highest BCUT2D eigenvalue weighted by atomic mass is 35.5. The van der Waals surface area contributed by atoms with Gasteiger partial charge in [0.15, 0.2) is 6.23 Å². The summed E-state index contributed by atoms with van der Waals surface area (Å²) in [5, 5.41) is 20.2. The molecule has 50 heavy (non-hydrogen) atoms. The summed E-state index contributed by atoms with van der Waals surface area (Å²) in [6.07, 6.45) is -3.79. The first kappa shape index (κ1) is 35.1. The second-order valence-corrected chi connectivity index (χ2v) is 12.3. The number of halogens is 5. The SMILES string of the molecule is COc1nc(-c2cccc(-c3cccc(Nc4nc(C(F)(F)F)nc5c4C(O)N(C)C(=O)N5C)c3Cl)c2Cl)cnc1CNC[C@@H]1CCC(=O)N1. The molecule has 1 saturated heterocycles. The zero-order chi connectivity index (χ0) is 35.9. The van der Waals surface area contributed by atoms with Gasteiger partial charge in [-0.25, -0.2) is 19.7 Å². The monoisotopic (exact) mass is 731 g/mol. The number of carbonyl (C=O) groups is 2. The maximum absolute atomic E-state index is 13.9. The van der Waals surface area contributed by atoms with E-state index in [2.05, 4.69) is 35.9 Å². The van der Waals surface area contributed by atoms with Crippen LogP contribution in [0.3, 0.4) is 0 Å². The second-order valence-electron chi connectivity index (χ2n) is 11.6. The Morgan fingerprint density at radius 2 is 1.74 bits per heavy atom. The van der Waals surface area contributed by atoms with Crippen molar-refractivity contribution in [1.82, 2.24) is 35.5 Å². The number of methoxy groups -OCH3 is 1. The molecule has 3 amide bonds. The summed E-state index contributed by atoms with van der Waals surface area (Å²) in [5.74, 6) is -2.01. The van der Waals surface area contributed by atoms with Crippen molar-refractivity contribution in [3.8, 4) is 28.3 Å². The number of ether oxygens (including phenoxy) is 1. The summed E-state index contributed by atoms with van der Waals surface area (Å²) in [5.41, 5.74) is 2.37. The molecule has 0 spiro atoms. The van der Waals surface area contributed by atoms with E-state index in [1.807, 2.05) is 0 Å². The summed E-state index contributed by atoms with van der Waals surface area (Å²) in [6.45, 7) is 0.921. The van der Waals surface area contributed by atoms with E-state index in [1.54, 1.807) is 36.5 Å². The number of rotatable bonds is 9. The zero-order valence-corrected chi connectivity index (χ0v) is 28.3. The summed E-state index contributed by atoms with van der Waals surface area (Å²) in [7, 11) is 4.01. The highest BCUT2D eigenvalue weighted by Crippen LogP contribution is 2.44. The van der Waals surface area contributed by atoms with Gasteiger partial charge in [0.2, 0.25) is 17.6 Å². The van der Waals surface area contributed by atoms with E-state index < -0.39 is 35.9 Å². The summed E-state index contributed by atoms with van der Waals surface area (Å²) < 4.78 is 47.1. The average molecular weight is 733 g/mol. The molecule has 0 saturated carbocycles. The van der Waals surface area contributed by atoms with E-state index in [9.17, 15) is 27.9 Å². The lowest BCUT2D eigenvalue weighted by molar-refractivity contribution is -0.144.